The molecule has 2 atom stereocenters. The summed E-state index contributed by atoms with van der Waals surface area (Å²) in [5, 5.41) is 0. The van der Waals surface area contributed by atoms with E-state index in [0.29, 0.717) is 0 Å². The maximum Gasteiger partial charge on any atom is 0.226 e. The Bertz CT molecular complexity index is 462. The van der Waals surface area contributed by atoms with Gasteiger partial charge in [-0.3, -0.25) is 9.69 Å². The second kappa shape index (κ2) is 6.63. The van der Waals surface area contributed by atoms with Gasteiger partial charge in [0, 0.05) is 50.7 Å². The Morgan fingerprint density at radius 3 is 2.85 bits per heavy atom. The lowest BCUT2D eigenvalue weighted by Crippen LogP contribution is -2.51. The highest BCUT2D eigenvalue weighted by atomic mass is 32.2. The molecule has 20 heavy (non-hydrogen) atoms. The molecular weight excluding hydrogens is 272 g/mol. The molecule has 0 bridgehead atoms. The average molecular weight is 296 g/mol. The second-order valence-corrected chi connectivity index (χ2v) is 6.44. The molecule has 0 radical (unpaired) electrons. The minimum atomic E-state index is 0.0930. The fourth-order valence-electron chi connectivity index (χ4n) is 2.68. The fraction of sp³-hybridized carbons (Fsp3) is 0.714. The van der Waals surface area contributed by atoms with E-state index in [1.54, 1.807) is 11.8 Å². The zero-order chi connectivity index (χ0) is 14.7. The zero-order valence-electron chi connectivity index (χ0n) is 12.7. The van der Waals surface area contributed by atoms with Crippen LogP contribution >= 0.6 is 11.8 Å². The van der Waals surface area contributed by atoms with Crippen LogP contribution in [0.5, 0.6) is 0 Å². The van der Waals surface area contributed by atoms with E-state index in [2.05, 4.69) is 16.9 Å². The van der Waals surface area contributed by atoms with Gasteiger partial charge in [0.1, 0.15) is 5.82 Å². The lowest BCUT2D eigenvalue weighted by Gasteiger charge is -2.39. The van der Waals surface area contributed by atoms with Crippen molar-refractivity contribution in [3.8, 4) is 0 Å². The Hall–Kier alpha value is -1.01. The molecule has 0 saturated carbocycles. The number of aryl methyl sites for hydroxylation is 1. The number of piperazine rings is 1. The predicted octanol–water partition coefficient (Wildman–Crippen LogP) is 1.23. The molecule has 0 aliphatic carbocycles. The number of amides is 1. The highest BCUT2D eigenvalue weighted by Crippen LogP contribution is 2.23. The van der Waals surface area contributed by atoms with Gasteiger partial charge in [-0.05, 0) is 13.3 Å². The van der Waals surface area contributed by atoms with E-state index in [0.717, 1.165) is 31.2 Å². The largest absolute Gasteiger partial charge is 0.339 e. The third-order valence-corrected chi connectivity index (χ3v) is 4.79. The highest BCUT2D eigenvalue weighted by molar-refractivity contribution is 7.98. The smallest absolute Gasteiger partial charge is 0.226 e. The number of imidazole rings is 1. The molecule has 1 aromatic rings. The molecule has 112 valence electrons. The van der Waals surface area contributed by atoms with Crippen LogP contribution in [0.3, 0.4) is 0 Å². The van der Waals surface area contributed by atoms with Crippen molar-refractivity contribution >= 4 is 17.7 Å². The molecule has 0 spiro atoms. The predicted molar refractivity (Wildman–Crippen MR) is 82.7 cm³/mol. The van der Waals surface area contributed by atoms with E-state index >= 15 is 0 Å². The van der Waals surface area contributed by atoms with Crippen molar-refractivity contribution in [1.82, 2.24) is 19.4 Å². The van der Waals surface area contributed by atoms with Crippen LogP contribution in [-0.4, -0.2) is 63.9 Å². The Labute approximate surface area is 125 Å². The molecular formula is C14H24N4OS. The van der Waals surface area contributed by atoms with Crippen molar-refractivity contribution in [2.75, 3.05) is 38.7 Å². The topological polar surface area (TPSA) is 41.4 Å². The van der Waals surface area contributed by atoms with Gasteiger partial charge in [0.25, 0.3) is 0 Å². The maximum absolute atomic E-state index is 12.5. The summed E-state index contributed by atoms with van der Waals surface area (Å²) in [5.74, 6) is 2.28. The van der Waals surface area contributed by atoms with Crippen LogP contribution < -0.4 is 0 Å². The van der Waals surface area contributed by atoms with E-state index in [1.807, 2.05) is 42.1 Å². The Morgan fingerprint density at radius 1 is 1.50 bits per heavy atom. The zero-order valence-corrected chi connectivity index (χ0v) is 13.6. The van der Waals surface area contributed by atoms with Crippen molar-refractivity contribution in [2.45, 2.75) is 13.0 Å². The summed E-state index contributed by atoms with van der Waals surface area (Å²) in [6.45, 7) is 4.47. The minimum Gasteiger partial charge on any atom is -0.339 e. The first kappa shape index (κ1) is 15.4. The average Bonchev–Trinajstić information content (AvgIpc) is 2.85. The molecule has 0 N–H and O–H groups in total. The highest BCUT2D eigenvalue weighted by Gasteiger charge is 2.32. The van der Waals surface area contributed by atoms with E-state index < -0.39 is 0 Å². The number of carbonyl (C=O) groups is 1. The molecule has 2 heterocycles. The van der Waals surface area contributed by atoms with Crippen LogP contribution in [0.2, 0.25) is 0 Å². The fourth-order valence-corrected chi connectivity index (χ4v) is 3.33. The number of likely N-dealkylation sites (N-methyl/N-ethyl adjacent to an activating group) is 1. The summed E-state index contributed by atoms with van der Waals surface area (Å²) in [6.07, 6.45) is 5.82. The van der Waals surface area contributed by atoms with Gasteiger partial charge in [-0.2, -0.15) is 11.8 Å². The molecule has 1 fully saturated rings. The molecule has 1 saturated heterocycles. The normalized spacial score (nSPS) is 22.0. The van der Waals surface area contributed by atoms with E-state index in [4.69, 9.17) is 0 Å². The quantitative estimate of drug-likeness (QED) is 0.838. The van der Waals surface area contributed by atoms with Crippen molar-refractivity contribution < 1.29 is 4.79 Å². The molecule has 1 aromatic heterocycles. The van der Waals surface area contributed by atoms with Gasteiger partial charge in [-0.1, -0.05) is 6.92 Å². The summed E-state index contributed by atoms with van der Waals surface area (Å²) in [6, 6.07) is 0.189. The molecule has 0 unspecified atom stereocenters. The van der Waals surface area contributed by atoms with Crippen molar-refractivity contribution in [2.24, 2.45) is 13.0 Å². The standard InChI is InChI=1S/C14H24N4OS/c1-11(10-20-4)14(19)18-8-7-16(2)12(9-18)13-15-5-6-17(13)3/h5-6,11-12H,7-10H2,1-4H3/t11-,12-/m0/s1. The Morgan fingerprint density at radius 2 is 2.25 bits per heavy atom. The van der Waals surface area contributed by atoms with Gasteiger partial charge < -0.3 is 9.47 Å². The molecule has 1 aliphatic rings. The number of hydrogen-bond donors (Lipinski definition) is 0. The van der Waals surface area contributed by atoms with Crippen LogP contribution in [0.4, 0.5) is 0 Å². The number of hydrogen-bond acceptors (Lipinski definition) is 4. The van der Waals surface area contributed by atoms with Gasteiger partial charge in [-0.15, -0.1) is 0 Å². The van der Waals surface area contributed by atoms with Crippen LogP contribution in [0.1, 0.15) is 18.8 Å². The van der Waals surface area contributed by atoms with Crippen molar-refractivity contribution in [1.29, 1.82) is 0 Å². The Balaban J connectivity index is 2.08. The van der Waals surface area contributed by atoms with Gasteiger partial charge in [-0.25, -0.2) is 4.98 Å². The van der Waals surface area contributed by atoms with E-state index in [9.17, 15) is 4.79 Å². The summed E-state index contributed by atoms with van der Waals surface area (Å²) < 4.78 is 2.04. The van der Waals surface area contributed by atoms with E-state index in [1.165, 1.54) is 0 Å². The molecule has 5 nitrogen and oxygen atoms in total. The lowest BCUT2D eigenvalue weighted by molar-refractivity contribution is -0.137. The molecule has 2 rings (SSSR count). The molecule has 6 heteroatoms. The molecule has 1 aliphatic heterocycles. The number of aromatic nitrogens is 2. The van der Waals surface area contributed by atoms with Crippen LogP contribution in [0.25, 0.3) is 0 Å². The van der Waals surface area contributed by atoms with Crippen molar-refractivity contribution in [3.05, 3.63) is 18.2 Å². The SMILES string of the molecule is CSC[C@H](C)C(=O)N1CCN(C)[C@H](c2nccn2C)C1. The number of thioether (sulfide) groups is 1. The number of rotatable bonds is 4. The molecule has 0 aromatic carbocycles. The third kappa shape index (κ3) is 3.17. The monoisotopic (exact) mass is 296 g/mol. The first-order valence-electron chi connectivity index (χ1n) is 6.99. The van der Waals surface area contributed by atoms with Gasteiger partial charge in [0.15, 0.2) is 0 Å². The van der Waals surface area contributed by atoms with Gasteiger partial charge >= 0.3 is 0 Å². The lowest BCUT2D eigenvalue weighted by atomic mass is 10.1. The minimum absolute atomic E-state index is 0.0930. The summed E-state index contributed by atoms with van der Waals surface area (Å²) in [4.78, 5) is 21.2. The summed E-state index contributed by atoms with van der Waals surface area (Å²) in [5.41, 5.74) is 0. The second-order valence-electron chi connectivity index (χ2n) is 5.53. The first-order chi connectivity index (χ1) is 9.54. The van der Waals surface area contributed by atoms with Crippen LogP contribution in [-0.2, 0) is 11.8 Å². The summed E-state index contributed by atoms with van der Waals surface area (Å²) >= 11 is 1.73. The number of carbonyl (C=O) groups excluding carboxylic acids is 1. The Kier molecular flexibility index (Phi) is 5.10. The molecule has 1 amide bonds. The van der Waals surface area contributed by atoms with Crippen LogP contribution in [0, 0.1) is 5.92 Å². The van der Waals surface area contributed by atoms with Crippen molar-refractivity contribution in [3.63, 3.8) is 0 Å². The third-order valence-electron chi connectivity index (χ3n) is 3.95. The van der Waals surface area contributed by atoms with Crippen LogP contribution in [0.15, 0.2) is 12.4 Å². The van der Waals surface area contributed by atoms with Gasteiger partial charge in [0.05, 0.1) is 6.04 Å². The van der Waals surface area contributed by atoms with Gasteiger partial charge in [0.2, 0.25) is 5.91 Å². The number of nitrogens with zero attached hydrogens (tertiary/aromatic N) is 4. The first-order valence-corrected chi connectivity index (χ1v) is 8.39. The maximum atomic E-state index is 12.5. The van der Waals surface area contributed by atoms with E-state index in [-0.39, 0.29) is 17.9 Å². The summed E-state index contributed by atoms with van der Waals surface area (Å²) in [7, 11) is 4.11.